The smallest absolute Gasteiger partial charge is 0.224 e. The standard InChI is InChI=1S/C27H33FN2O5/c1-2-3-8-23(32)30(16-17-9-11-18(28)12-10-17)21-15-20(27(34)29-13-14-31)24-19-6-4-5-7-22(19)35-26(24)25(21)33/h4-7,9-12,20-21,24-26,31,33H,2-3,8,13-16H2,1H3,(H,29,34)/t20?,21-,24+,25+,26+/m1/s1. The summed E-state index contributed by atoms with van der Waals surface area (Å²) >= 11 is 0. The second-order valence-electron chi connectivity index (χ2n) is 9.31. The first-order valence-corrected chi connectivity index (χ1v) is 12.3. The van der Waals surface area contributed by atoms with E-state index >= 15 is 0 Å². The summed E-state index contributed by atoms with van der Waals surface area (Å²) in [7, 11) is 0. The van der Waals surface area contributed by atoms with E-state index in [1.54, 1.807) is 17.0 Å². The van der Waals surface area contributed by atoms with Gasteiger partial charge in [-0.25, -0.2) is 4.39 Å². The van der Waals surface area contributed by atoms with E-state index < -0.39 is 24.2 Å². The van der Waals surface area contributed by atoms with Crippen LogP contribution >= 0.6 is 0 Å². The molecule has 0 bridgehead atoms. The number of fused-ring (bicyclic) bond motifs is 3. The fraction of sp³-hybridized carbons (Fsp3) is 0.481. The number of carbonyl (C=O) groups excluding carboxylic acids is 2. The number of halogens is 1. The van der Waals surface area contributed by atoms with Gasteiger partial charge in [0, 0.05) is 31.0 Å². The molecule has 4 rings (SSSR count). The van der Waals surface area contributed by atoms with Crippen LogP contribution in [-0.4, -0.2) is 58.3 Å². The van der Waals surface area contributed by atoms with E-state index in [9.17, 15) is 24.2 Å². The molecule has 1 aliphatic carbocycles. The molecule has 1 heterocycles. The number of benzene rings is 2. The molecule has 3 N–H and O–H groups in total. The van der Waals surface area contributed by atoms with Crippen LogP contribution < -0.4 is 10.1 Å². The number of nitrogens with one attached hydrogen (secondary N) is 1. The van der Waals surface area contributed by atoms with Crippen molar-refractivity contribution < 1.29 is 28.9 Å². The Morgan fingerprint density at radius 2 is 1.91 bits per heavy atom. The molecule has 35 heavy (non-hydrogen) atoms. The molecule has 2 amide bonds. The molecule has 1 unspecified atom stereocenters. The van der Waals surface area contributed by atoms with E-state index in [1.807, 2.05) is 31.2 Å². The Bertz CT molecular complexity index is 1030. The lowest BCUT2D eigenvalue weighted by molar-refractivity contribution is -0.147. The van der Waals surface area contributed by atoms with Gasteiger partial charge in [0.05, 0.1) is 18.6 Å². The summed E-state index contributed by atoms with van der Waals surface area (Å²) in [6, 6.07) is 12.7. The molecular formula is C27H33FN2O5. The van der Waals surface area contributed by atoms with Gasteiger partial charge in [-0.2, -0.15) is 0 Å². The van der Waals surface area contributed by atoms with Crippen LogP contribution in [0.4, 0.5) is 4.39 Å². The average Bonchev–Trinajstić information content (AvgIpc) is 3.26. The molecular weight excluding hydrogens is 451 g/mol. The number of aliphatic hydroxyl groups is 2. The van der Waals surface area contributed by atoms with Crippen LogP contribution in [0.1, 0.15) is 49.7 Å². The van der Waals surface area contributed by atoms with Crippen LogP contribution in [0.25, 0.3) is 0 Å². The van der Waals surface area contributed by atoms with Gasteiger partial charge in [0.1, 0.15) is 23.8 Å². The van der Waals surface area contributed by atoms with Crippen LogP contribution in [0.15, 0.2) is 48.5 Å². The van der Waals surface area contributed by atoms with Gasteiger partial charge in [0.15, 0.2) is 0 Å². The van der Waals surface area contributed by atoms with Crippen molar-refractivity contribution in [3.63, 3.8) is 0 Å². The number of rotatable bonds is 9. The number of amides is 2. The highest BCUT2D eigenvalue weighted by Gasteiger charge is 2.54. The highest BCUT2D eigenvalue weighted by atomic mass is 19.1. The largest absolute Gasteiger partial charge is 0.487 e. The minimum atomic E-state index is -1.01. The summed E-state index contributed by atoms with van der Waals surface area (Å²) in [6.45, 7) is 2.14. The van der Waals surface area contributed by atoms with Crippen molar-refractivity contribution in [1.82, 2.24) is 10.2 Å². The van der Waals surface area contributed by atoms with Gasteiger partial charge in [-0.1, -0.05) is 43.7 Å². The van der Waals surface area contributed by atoms with E-state index in [0.717, 1.165) is 17.5 Å². The normalized spacial score (nSPS) is 24.7. The predicted molar refractivity (Wildman–Crippen MR) is 128 cm³/mol. The summed E-state index contributed by atoms with van der Waals surface area (Å²) in [5.74, 6) is -1.02. The highest BCUT2D eigenvalue weighted by Crippen LogP contribution is 2.49. The Hall–Kier alpha value is -2.97. The Balaban J connectivity index is 1.68. The molecule has 0 aromatic heterocycles. The summed E-state index contributed by atoms with van der Waals surface area (Å²) in [5, 5.41) is 23.5. The zero-order chi connectivity index (χ0) is 24.9. The zero-order valence-corrected chi connectivity index (χ0v) is 19.9. The fourth-order valence-electron chi connectivity index (χ4n) is 5.29. The number of hydrogen-bond donors (Lipinski definition) is 3. The van der Waals surface area contributed by atoms with Crippen molar-refractivity contribution in [2.45, 2.75) is 63.3 Å². The Kier molecular flexibility index (Phi) is 8.03. The Morgan fingerprint density at radius 1 is 1.17 bits per heavy atom. The van der Waals surface area contributed by atoms with Crippen LogP contribution in [-0.2, 0) is 16.1 Å². The van der Waals surface area contributed by atoms with Crippen LogP contribution in [0.5, 0.6) is 5.75 Å². The summed E-state index contributed by atoms with van der Waals surface area (Å²) in [4.78, 5) is 28.2. The number of ether oxygens (including phenoxy) is 1. The van der Waals surface area contributed by atoms with Gasteiger partial charge in [0.2, 0.25) is 11.8 Å². The van der Waals surface area contributed by atoms with Gasteiger partial charge in [-0.05, 0) is 36.6 Å². The lowest BCUT2D eigenvalue weighted by Crippen LogP contribution is -2.59. The molecule has 2 aliphatic rings. The zero-order valence-electron chi connectivity index (χ0n) is 19.9. The lowest BCUT2D eigenvalue weighted by Gasteiger charge is -2.45. The minimum absolute atomic E-state index is 0.122. The Morgan fingerprint density at radius 3 is 2.63 bits per heavy atom. The third-order valence-corrected chi connectivity index (χ3v) is 7.03. The van der Waals surface area contributed by atoms with Gasteiger partial charge >= 0.3 is 0 Å². The molecule has 2 aromatic carbocycles. The maximum atomic E-state index is 13.5. The van der Waals surface area contributed by atoms with Crippen molar-refractivity contribution in [1.29, 1.82) is 0 Å². The molecule has 1 saturated carbocycles. The molecule has 0 saturated heterocycles. The molecule has 188 valence electrons. The van der Waals surface area contributed by atoms with E-state index in [-0.39, 0.29) is 49.7 Å². The van der Waals surface area contributed by atoms with E-state index in [2.05, 4.69) is 5.32 Å². The van der Waals surface area contributed by atoms with Gasteiger partial charge < -0.3 is 25.2 Å². The molecule has 1 fully saturated rings. The van der Waals surface area contributed by atoms with Crippen LogP contribution in [0.2, 0.25) is 0 Å². The number of hydrogen-bond acceptors (Lipinski definition) is 5. The maximum Gasteiger partial charge on any atom is 0.224 e. The predicted octanol–water partition coefficient (Wildman–Crippen LogP) is 2.75. The van der Waals surface area contributed by atoms with Crippen molar-refractivity contribution in [2.24, 2.45) is 5.92 Å². The van der Waals surface area contributed by atoms with Gasteiger partial charge in [-0.15, -0.1) is 0 Å². The topological polar surface area (TPSA) is 99.1 Å². The Labute approximate surface area is 204 Å². The molecule has 5 atom stereocenters. The average molecular weight is 485 g/mol. The first kappa shape index (κ1) is 25.1. The van der Waals surface area contributed by atoms with E-state index in [0.29, 0.717) is 18.6 Å². The van der Waals surface area contributed by atoms with Crippen molar-refractivity contribution in [3.05, 3.63) is 65.5 Å². The summed E-state index contributed by atoms with van der Waals surface area (Å²) < 4.78 is 19.6. The second-order valence-corrected chi connectivity index (χ2v) is 9.31. The molecule has 2 aromatic rings. The van der Waals surface area contributed by atoms with Gasteiger partial charge in [0.25, 0.3) is 0 Å². The molecule has 1 aliphatic heterocycles. The maximum absolute atomic E-state index is 13.5. The van der Waals surface area contributed by atoms with Crippen molar-refractivity contribution >= 4 is 11.8 Å². The number of unbranched alkanes of at least 4 members (excludes halogenated alkanes) is 1. The quantitative estimate of drug-likeness (QED) is 0.508. The van der Waals surface area contributed by atoms with Crippen molar-refractivity contribution in [3.8, 4) is 5.75 Å². The van der Waals surface area contributed by atoms with Crippen LogP contribution in [0, 0.1) is 11.7 Å². The molecule has 0 spiro atoms. The first-order chi connectivity index (χ1) is 16.9. The number of nitrogens with zero attached hydrogens (tertiary/aromatic N) is 1. The van der Waals surface area contributed by atoms with Gasteiger partial charge in [-0.3, -0.25) is 9.59 Å². The third-order valence-electron chi connectivity index (χ3n) is 7.03. The summed E-state index contributed by atoms with van der Waals surface area (Å²) in [5.41, 5.74) is 1.60. The number of carbonyl (C=O) groups is 2. The number of aliphatic hydroxyl groups excluding tert-OH is 2. The summed E-state index contributed by atoms with van der Waals surface area (Å²) in [6.07, 6.45) is 0.411. The first-order valence-electron chi connectivity index (χ1n) is 12.3. The molecule has 8 heteroatoms. The molecule has 7 nitrogen and oxygen atoms in total. The highest BCUT2D eigenvalue weighted by molar-refractivity contribution is 5.81. The SMILES string of the molecule is CCCCC(=O)N(Cc1ccc(F)cc1)[C@@H]1CC(C(=O)NCCO)[C@@H]2c3ccccc3O[C@@H]2[C@H]1O. The van der Waals surface area contributed by atoms with E-state index in [4.69, 9.17) is 4.74 Å². The fourth-order valence-corrected chi connectivity index (χ4v) is 5.29. The van der Waals surface area contributed by atoms with Crippen molar-refractivity contribution in [2.75, 3.05) is 13.2 Å². The van der Waals surface area contributed by atoms with E-state index in [1.165, 1.54) is 12.1 Å². The third kappa shape index (κ3) is 5.33. The minimum Gasteiger partial charge on any atom is -0.487 e. The number of para-hydroxylation sites is 1. The second kappa shape index (κ2) is 11.2. The lowest BCUT2D eigenvalue weighted by atomic mass is 9.70. The monoisotopic (exact) mass is 484 g/mol. The molecule has 0 radical (unpaired) electrons. The van der Waals surface area contributed by atoms with Crippen LogP contribution in [0.3, 0.4) is 0 Å².